The van der Waals surface area contributed by atoms with Crippen molar-refractivity contribution in [3.05, 3.63) is 83.9 Å². The molecule has 2 aliphatic rings. The molecule has 0 bridgehead atoms. The number of pyridine rings is 1. The van der Waals surface area contributed by atoms with E-state index in [1.54, 1.807) is 0 Å². The summed E-state index contributed by atoms with van der Waals surface area (Å²) in [5.74, 6) is 0.509. The van der Waals surface area contributed by atoms with Gasteiger partial charge in [-0.1, -0.05) is 44.9 Å². The van der Waals surface area contributed by atoms with Gasteiger partial charge in [-0.15, -0.1) is 0 Å². The first kappa shape index (κ1) is 20.3. The van der Waals surface area contributed by atoms with E-state index in [2.05, 4.69) is 88.3 Å². The molecule has 3 heterocycles. The van der Waals surface area contributed by atoms with Gasteiger partial charge in [-0.25, -0.2) is 0 Å². The van der Waals surface area contributed by atoms with Crippen LogP contribution in [0, 0.1) is 0 Å². The first-order valence-corrected chi connectivity index (χ1v) is 11.8. The summed E-state index contributed by atoms with van der Waals surface area (Å²) in [4.78, 5) is 6.98. The molecule has 160 valence electrons. The number of aromatic nitrogens is 2. The number of thiocarbonyl (C=S) groups is 1. The van der Waals surface area contributed by atoms with Crippen LogP contribution in [0.5, 0.6) is 0 Å². The van der Waals surface area contributed by atoms with Gasteiger partial charge in [0.25, 0.3) is 0 Å². The summed E-state index contributed by atoms with van der Waals surface area (Å²) >= 11 is 5.89. The number of nitrogens with one attached hydrogen (secondary N) is 1. The summed E-state index contributed by atoms with van der Waals surface area (Å²) in [6.07, 6.45) is 9.25. The molecular formula is C26H30N4S. The third kappa shape index (κ3) is 3.76. The molecule has 5 heteroatoms. The summed E-state index contributed by atoms with van der Waals surface area (Å²) in [6, 6.07) is 20.1. The first-order chi connectivity index (χ1) is 15.1. The molecule has 3 aromatic rings. The Hall–Kier alpha value is -2.66. The van der Waals surface area contributed by atoms with Gasteiger partial charge in [0.05, 0.1) is 11.7 Å². The maximum absolute atomic E-state index is 5.89. The van der Waals surface area contributed by atoms with Crippen molar-refractivity contribution < 1.29 is 0 Å². The van der Waals surface area contributed by atoms with E-state index in [1.165, 1.54) is 36.9 Å². The van der Waals surface area contributed by atoms with E-state index in [4.69, 9.17) is 12.2 Å². The predicted molar refractivity (Wildman–Crippen MR) is 130 cm³/mol. The minimum absolute atomic E-state index is 0.00790. The van der Waals surface area contributed by atoms with Crippen LogP contribution in [-0.2, 0) is 0 Å². The van der Waals surface area contributed by atoms with E-state index in [0.717, 1.165) is 16.5 Å². The Balaban J connectivity index is 1.59. The number of hydrogen-bond acceptors (Lipinski definition) is 2. The topological polar surface area (TPSA) is 33.1 Å². The summed E-state index contributed by atoms with van der Waals surface area (Å²) < 4.78 is 2.50. The SMILES string of the molecule is CC(C)c1ccc(N2C(=S)N[C@@H](c3ccccn3)[C@H]2c2cccn2C2CCCC2)cc1. The second-order valence-electron chi connectivity index (χ2n) is 9.02. The highest BCUT2D eigenvalue weighted by Crippen LogP contribution is 2.43. The summed E-state index contributed by atoms with van der Waals surface area (Å²) in [6.45, 7) is 4.46. The number of hydrogen-bond donors (Lipinski definition) is 1. The average Bonchev–Trinajstić information content (AvgIpc) is 3.53. The minimum Gasteiger partial charge on any atom is -0.351 e. The van der Waals surface area contributed by atoms with Gasteiger partial charge >= 0.3 is 0 Å². The predicted octanol–water partition coefficient (Wildman–Crippen LogP) is 6.30. The van der Waals surface area contributed by atoms with Crippen LogP contribution in [0.3, 0.4) is 0 Å². The van der Waals surface area contributed by atoms with Crippen molar-refractivity contribution in [3.8, 4) is 0 Å². The lowest BCUT2D eigenvalue weighted by Gasteiger charge is -2.30. The van der Waals surface area contributed by atoms with Crippen molar-refractivity contribution in [1.82, 2.24) is 14.9 Å². The van der Waals surface area contributed by atoms with Crippen molar-refractivity contribution in [3.63, 3.8) is 0 Å². The van der Waals surface area contributed by atoms with Crippen LogP contribution in [0.15, 0.2) is 67.0 Å². The van der Waals surface area contributed by atoms with Gasteiger partial charge in [0.1, 0.15) is 6.04 Å². The Morgan fingerprint density at radius 3 is 2.45 bits per heavy atom. The van der Waals surface area contributed by atoms with Crippen molar-refractivity contribution in [1.29, 1.82) is 0 Å². The molecule has 1 saturated carbocycles. The van der Waals surface area contributed by atoms with Crippen LogP contribution < -0.4 is 10.2 Å². The fourth-order valence-corrected chi connectivity index (χ4v) is 5.47. The van der Waals surface area contributed by atoms with E-state index >= 15 is 0 Å². The lowest BCUT2D eigenvalue weighted by Crippen LogP contribution is -2.30. The molecule has 0 amide bonds. The highest BCUT2D eigenvalue weighted by Gasteiger charge is 2.42. The standard InChI is InChI=1S/C26H30N4S/c1-18(2)19-12-14-21(15-13-19)30-25(23-11-7-17-29(23)20-8-3-4-9-20)24(28-26(30)31)22-10-5-6-16-27-22/h5-7,10-18,20,24-25H,3-4,8-9H2,1-2H3,(H,28,31)/t24-,25+/m0/s1. The fraction of sp³-hybridized carbons (Fsp3) is 0.385. The molecule has 0 radical (unpaired) electrons. The number of rotatable bonds is 5. The smallest absolute Gasteiger partial charge is 0.174 e. The van der Waals surface area contributed by atoms with E-state index in [9.17, 15) is 0 Å². The highest BCUT2D eigenvalue weighted by atomic mass is 32.1. The van der Waals surface area contributed by atoms with Crippen LogP contribution >= 0.6 is 12.2 Å². The molecule has 2 atom stereocenters. The maximum Gasteiger partial charge on any atom is 0.174 e. The normalized spacial score (nSPS) is 21.8. The fourth-order valence-electron chi connectivity index (χ4n) is 5.13. The average molecular weight is 431 g/mol. The second-order valence-corrected chi connectivity index (χ2v) is 9.41. The molecule has 31 heavy (non-hydrogen) atoms. The molecule has 1 saturated heterocycles. The van der Waals surface area contributed by atoms with Crippen molar-refractivity contribution >= 4 is 23.0 Å². The minimum atomic E-state index is 0.00790. The monoisotopic (exact) mass is 430 g/mol. The van der Waals surface area contributed by atoms with E-state index < -0.39 is 0 Å². The van der Waals surface area contributed by atoms with Crippen LogP contribution in [-0.4, -0.2) is 14.7 Å². The van der Waals surface area contributed by atoms with E-state index in [-0.39, 0.29) is 12.1 Å². The molecule has 1 aliphatic heterocycles. The summed E-state index contributed by atoms with van der Waals surface area (Å²) in [5.41, 5.74) is 4.80. The third-order valence-corrected chi connectivity index (χ3v) is 7.08. The molecule has 4 nitrogen and oxygen atoms in total. The van der Waals surface area contributed by atoms with E-state index in [0.29, 0.717) is 12.0 Å². The molecule has 5 rings (SSSR count). The van der Waals surface area contributed by atoms with Crippen molar-refractivity contribution in [2.45, 2.75) is 63.6 Å². The Kier molecular flexibility index (Phi) is 5.53. The quantitative estimate of drug-likeness (QED) is 0.482. The number of benzene rings is 1. The van der Waals surface area contributed by atoms with Crippen molar-refractivity contribution in [2.75, 3.05) is 4.90 Å². The van der Waals surface area contributed by atoms with Gasteiger partial charge in [0.15, 0.2) is 5.11 Å². The Morgan fingerprint density at radius 1 is 1.00 bits per heavy atom. The molecule has 1 N–H and O–H groups in total. The number of nitrogens with zero attached hydrogens (tertiary/aromatic N) is 3. The Morgan fingerprint density at radius 2 is 1.77 bits per heavy atom. The molecule has 0 unspecified atom stereocenters. The largest absolute Gasteiger partial charge is 0.351 e. The van der Waals surface area contributed by atoms with Gasteiger partial charge in [-0.2, -0.15) is 0 Å². The zero-order chi connectivity index (χ0) is 21.4. The lowest BCUT2D eigenvalue weighted by molar-refractivity contribution is 0.461. The second kappa shape index (κ2) is 8.46. The van der Waals surface area contributed by atoms with E-state index in [1.807, 2.05) is 12.3 Å². The molecule has 2 fully saturated rings. The third-order valence-electron chi connectivity index (χ3n) is 6.77. The molecule has 0 spiro atoms. The Bertz CT molecular complexity index is 1030. The Labute approximate surface area is 190 Å². The molecule has 1 aromatic carbocycles. The lowest BCUT2D eigenvalue weighted by atomic mass is 9.99. The highest BCUT2D eigenvalue weighted by molar-refractivity contribution is 7.80. The summed E-state index contributed by atoms with van der Waals surface area (Å²) in [5, 5.41) is 4.36. The van der Waals surface area contributed by atoms with Gasteiger partial charge in [0.2, 0.25) is 0 Å². The van der Waals surface area contributed by atoms with Gasteiger partial charge in [-0.05, 0) is 72.9 Å². The van der Waals surface area contributed by atoms with Gasteiger partial charge in [-0.3, -0.25) is 4.98 Å². The zero-order valence-corrected chi connectivity index (χ0v) is 19.1. The van der Waals surface area contributed by atoms with Crippen LogP contribution in [0.1, 0.15) is 80.5 Å². The van der Waals surface area contributed by atoms with Crippen LogP contribution in [0.4, 0.5) is 5.69 Å². The zero-order valence-electron chi connectivity index (χ0n) is 18.2. The van der Waals surface area contributed by atoms with Crippen molar-refractivity contribution in [2.24, 2.45) is 0 Å². The number of anilines is 1. The molecule has 1 aliphatic carbocycles. The molecular weight excluding hydrogens is 400 g/mol. The first-order valence-electron chi connectivity index (χ1n) is 11.4. The van der Waals surface area contributed by atoms with Gasteiger partial charge < -0.3 is 14.8 Å². The van der Waals surface area contributed by atoms with Crippen LogP contribution in [0.25, 0.3) is 0 Å². The summed E-state index contributed by atoms with van der Waals surface area (Å²) in [7, 11) is 0. The maximum atomic E-state index is 5.89. The van der Waals surface area contributed by atoms with Gasteiger partial charge in [0, 0.05) is 29.8 Å². The van der Waals surface area contributed by atoms with Crippen LogP contribution in [0.2, 0.25) is 0 Å². The molecule has 2 aromatic heterocycles.